The summed E-state index contributed by atoms with van der Waals surface area (Å²) in [5, 5.41) is 12.2. The van der Waals surface area contributed by atoms with E-state index in [1.807, 2.05) is 67.6 Å². The van der Waals surface area contributed by atoms with Gasteiger partial charge in [-0.2, -0.15) is 0 Å². The van der Waals surface area contributed by atoms with Crippen molar-refractivity contribution < 1.29 is 4.79 Å². The quantitative estimate of drug-likeness (QED) is 0.601. The maximum atomic E-state index is 12.2. The van der Waals surface area contributed by atoms with Crippen LogP contribution in [0.1, 0.15) is 20.8 Å². The number of nitrogens with zero attached hydrogens (tertiary/aromatic N) is 3. The van der Waals surface area contributed by atoms with Gasteiger partial charge >= 0.3 is 0 Å². The summed E-state index contributed by atoms with van der Waals surface area (Å²) in [7, 11) is 0. The molecule has 0 aliphatic carbocycles. The van der Waals surface area contributed by atoms with Crippen LogP contribution in [0.4, 0.5) is 0 Å². The Kier molecular flexibility index (Phi) is 6.76. The topological polar surface area (TPSA) is 67.8 Å². The molecule has 0 aliphatic heterocycles. The van der Waals surface area contributed by atoms with Crippen molar-refractivity contribution in [3.8, 4) is 22.5 Å². The van der Waals surface area contributed by atoms with Crippen molar-refractivity contribution in [2.24, 2.45) is 5.92 Å². The van der Waals surface area contributed by atoms with Gasteiger partial charge in [0.15, 0.2) is 0 Å². The largest absolute Gasteiger partial charge is 0.353 e. The maximum absolute atomic E-state index is 12.2. The van der Waals surface area contributed by atoms with Gasteiger partial charge in [-0.3, -0.25) is 4.79 Å². The highest BCUT2D eigenvalue weighted by molar-refractivity contribution is 7.99. The highest BCUT2D eigenvalue weighted by atomic mass is 32.2. The molecule has 1 aromatic heterocycles. The van der Waals surface area contributed by atoms with Gasteiger partial charge in [0.1, 0.15) is 11.4 Å². The second kappa shape index (κ2) is 9.46. The Balaban J connectivity index is 1.84. The lowest BCUT2D eigenvalue weighted by atomic mass is 10.0. The smallest absolute Gasteiger partial charge is 0.230 e. The van der Waals surface area contributed by atoms with Gasteiger partial charge in [0.25, 0.3) is 0 Å². The number of carbonyl (C=O) groups excluding carboxylic acids is 1. The Morgan fingerprint density at radius 2 is 1.46 bits per heavy atom. The standard InChI is InChI=1S/C22H24N4OS/c1-15(2)16(3)23-19(27)14-28-22-24-20(17-10-6-4-7-11-17)21(25-26-22)18-12-8-5-9-13-18/h4-13,15-16H,14H2,1-3H3,(H,23,27)/t16-/m1/s1. The van der Waals surface area contributed by atoms with Crippen molar-refractivity contribution in [1.82, 2.24) is 20.5 Å². The summed E-state index contributed by atoms with van der Waals surface area (Å²) in [6.45, 7) is 6.17. The van der Waals surface area contributed by atoms with Crippen molar-refractivity contribution in [3.05, 3.63) is 60.7 Å². The lowest BCUT2D eigenvalue weighted by Crippen LogP contribution is -2.37. The monoisotopic (exact) mass is 392 g/mol. The van der Waals surface area contributed by atoms with Crippen LogP contribution < -0.4 is 5.32 Å². The molecule has 0 bridgehead atoms. The van der Waals surface area contributed by atoms with Gasteiger partial charge in [-0.15, -0.1) is 10.2 Å². The van der Waals surface area contributed by atoms with Crippen LogP contribution in [0.15, 0.2) is 65.8 Å². The van der Waals surface area contributed by atoms with Crippen LogP contribution in [0, 0.1) is 5.92 Å². The van der Waals surface area contributed by atoms with Gasteiger partial charge in [-0.1, -0.05) is 86.3 Å². The fourth-order valence-corrected chi connectivity index (χ4v) is 3.15. The molecule has 0 unspecified atom stereocenters. The van der Waals surface area contributed by atoms with Crippen molar-refractivity contribution in [2.45, 2.75) is 32.0 Å². The molecule has 0 fully saturated rings. The van der Waals surface area contributed by atoms with Crippen LogP contribution >= 0.6 is 11.8 Å². The molecule has 28 heavy (non-hydrogen) atoms. The Labute approximate surface area is 170 Å². The third kappa shape index (κ3) is 5.16. The van der Waals surface area contributed by atoms with Gasteiger partial charge in [-0.25, -0.2) is 4.98 Å². The van der Waals surface area contributed by atoms with Crippen molar-refractivity contribution in [2.75, 3.05) is 5.75 Å². The highest BCUT2D eigenvalue weighted by Gasteiger charge is 2.15. The van der Waals surface area contributed by atoms with Crippen LogP contribution in [-0.4, -0.2) is 32.9 Å². The Morgan fingerprint density at radius 3 is 2.04 bits per heavy atom. The molecule has 0 aliphatic rings. The molecule has 144 valence electrons. The molecule has 1 atom stereocenters. The average Bonchev–Trinajstić information content (AvgIpc) is 2.73. The molecule has 3 rings (SSSR count). The third-order valence-electron chi connectivity index (χ3n) is 4.48. The number of amides is 1. The molecule has 0 radical (unpaired) electrons. The van der Waals surface area contributed by atoms with Gasteiger partial charge in [-0.05, 0) is 12.8 Å². The minimum absolute atomic E-state index is 0.0248. The number of carbonyl (C=O) groups is 1. The molecule has 6 heteroatoms. The zero-order valence-corrected chi connectivity index (χ0v) is 17.1. The van der Waals surface area contributed by atoms with Gasteiger partial charge < -0.3 is 5.32 Å². The molecule has 1 amide bonds. The van der Waals surface area contributed by atoms with E-state index in [4.69, 9.17) is 4.98 Å². The number of rotatable bonds is 7. The zero-order chi connectivity index (χ0) is 19.9. The molecule has 5 nitrogen and oxygen atoms in total. The summed E-state index contributed by atoms with van der Waals surface area (Å²) in [5.74, 6) is 0.627. The summed E-state index contributed by atoms with van der Waals surface area (Å²) < 4.78 is 0. The van der Waals surface area contributed by atoms with E-state index in [-0.39, 0.29) is 17.7 Å². The SMILES string of the molecule is CC(C)[C@@H](C)NC(=O)CSc1nnc(-c2ccccc2)c(-c2ccccc2)n1. The van der Waals surface area contributed by atoms with E-state index in [0.29, 0.717) is 11.1 Å². The number of hydrogen-bond donors (Lipinski definition) is 1. The molecule has 0 spiro atoms. The molecule has 0 saturated carbocycles. The van der Waals surface area contributed by atoms with E-state index in [0.717, 1.165) is 22.5 Å². The lowest BCUT2D eigenvalue weighted by molar-refractivity contribution is -0.119. The molecule has 0 saturated heterocycles. The summed E-state index contributed by atoms with van der Waals surface area (Å²) >= 11 is 1.30. The Bertz CT molecular complexity index is 916. The fraction of sp³-hybridized carbons (Fsp3) is 0.273. The first-order valence-corrected chi connectivity index (χ1v) is 10.3. The van der Waals surface area contributed by atoms with E-state index in [9.17, 15) is 4.79 Å². The lowest BCUT2D eigenvalue weighted by Gasteiger charge is -2.17. The first-order chi connectivity index (χ1) is 13.5. The molecule has 2 aromatic carbocycles. The van der Waals surface area contributed by atoms with E-state index in [2.05, 4.69) is 29.4 Å². The number of nitrogens with one attached hydrogen (secondary N) is 1. The van der Waals surface area contributed by atoms with Crippen LogP contribution in [0.5, 0.6) is 0 Å². The van der Waals surface area contributed by atoms with Crippen molar-refractivity contribution in [1.29, 1.82) is 0 Å². The summed E-state index contributed by atoms with van der Waals surface area (Å²) in [4.78, 5) is 16.9. The highest BCUT2D eigenvalue weighted by Crippen LogP contribution is 2.29. The van der Waals surface area contributed by atoms with Crippen LogP contribution in [0.2, 0.25) is 0 Å². The van der Waals surface area contributed by atoms with Crippen LogP contribution in [-0.2, 0) is 4.79 Å². The van der Waals surface area contributed by atoms with E-state index in [1.54, 1.807) is 0 Å². The predicted molar refractivity (Wildman–Crippen MR) is 114 cm³/mol. The first-order valence-electron chi connectivity index (χ1n) is 9.32. The van der Waals surface area contributed by atoms with Gasteiger partial charge in [0.05, 0.1) is 5.75 Å². The second-order valence-corrected chi connectivity index (χ2v) is 7.86. The van der Waals surface area contributed by atoms with Crippen molar-refractivity contribution >= 4 is 17.7 Å². The summed E-state index contributed by atoms with van der Waals surface area (Å²) in [6.07, 6.45) is 0. The second-order valence-electron chi connectivity index (χ2n) is 6.91. The minimum atomic E-state index is -0.0248. The van der Waals surface area contributed by atoms with Crippen LogP contribution in [0.25, 0.3) is 22.5 Å². The molecule has 1 heterocycles. The molecular formula is C22H24N4OS. The van der Waals surface area contributed by atoms with E-state index >= 15 is 0 Å². The molecule has 1 N–H and O–H groups in total. The minimum Gasteiger partial charge on any atom is -0.353 e. The first kappa shape index (κ1) is 20.0. The number of aromatic nitrogens is 3. The van der Waals surface area contributed by atoms with Gasteiger partial charge in [0.2, 0.25) is 11.1 Å². The summed E-state index contributed by atoms with van der Waals surface area (Å²) in [5.41, 5.74) is 3.42. The molecule has 3 aromatic rings. The number of hydrogen-bond acceptors (Lipinski definition) is 5. The van der Waals surface area contributed by atoms with Crippen LogP contribution in [0.3, 0.4) is 0 Å². The Hall–Kier alpha value is -2.73. The third-order valence-corrected chi connectivity index (χ3v) is 5.32. The number of benzene rings is 2. The zero-order valence-electron chi connectivity index (χ0n) is 16.3. The summed E-state index contributed by atoms with van der Waals surface area (Å²) in [6, 6.07) is 19.9. The number of thioether (sulfide) groups is 1. The van der Waals surface area contributed by atoms with Gasteiger partial charge in [0, 0.05) is 17.2 Å². The average molecular weight is 393 g/mol. The van der Waals surface area contributed by atoms with Crippen molar-refractivity contribution in [3.63, 3.8) is 0 Å². The fourth-order valence-electron chi connectivity index (χ4n) is 2.55. The Morgan fingerprint density at radius 1 is 0.893 bits per heavy atom. The van der Waals surface area contributed by atoms with E-state index in [1.165, 1.54) is 11.8 Å². The van der Waals surface area contributed by atoms with E-state index < -0.39 is 0 Å². The molecular weight excluding hydrogens is 368 g/mol. The predicted octanol–water partition coefficient (Wildman–Crippen LogP) is 4.46. The maximum Gasteiger partial charge on any atom is 0.230 e. The normalized spacial score (nSPS) is 12.0.